The molecular formula is C73H75N17O13. The number of hydrogen-bond donors (Lipinski definition) is 6. The molecule has 3 fully saturated rings. The number of nitrogen functional groups attached to an aromatic ring is 3. The summed E-state index contributed by atoms with van der Waals surface area (Å²) in [5, 5.41) is 36.1. The van der Waals surface area contributed by atoms with Crippen LogP contribution in [-0.4, -0.2) is 129 Å². The number of carbonyl (C=O) groups excluding carboxylic acids is 6. The molecule has 6 aromatic carbocycles. The van der Waals surface area contributed by atoms with E-state index in [1.165, 1.54) is 36.4 Å². The molecule has 9 aromatic rings. The first kappa shape index (κ1) is 72.3. The van der Waals surface area contributed by atoms with Gasteiger partial charge in [-0.25, -0.2) is 14.0 Å². The zero-order valence-corrected chi connectivity index (χ0v) is 56.8. The van der Waals surface area contributed by atoms with E-state index < -0.39 is 27.6 Å². The highest BCUT2D eigenvalue weighted by atomic mass is 16.6. The number of rotatable bonds is 20. The van der Waals surface area contributed by atoms with Crippen LogP contribution < -0.4 is 48.6 Å². The van der Waals surface area contributed by atoms with Crippen molar-refractivity contribution in [3.8, 4) is 68.3 Å². The summed E-state index contributed by atoms with van der Waals surface area (Å²) in [5.74, 6) is 0.951. The van der Waals surface area contributed by atoms with Gasteiger partial charge in [0.15, 0.2) is 0 Å². The number of ether oxygens (including phenoxy) is 3. The Morgan fingerprint density at radius 3 is 1.20 bits per heavy atom. The second-order valence-corrected chi connectivity index (χ2v) is 24.6. The molecule has 530 valence electrons. The van der Waals surface area contributed by atoms with Crippen molar-refractivity contribution >= 4 is 64.3 Å². The van der Waals surface area contributed by atoms with Crippen LogP contribution in [0.15, 0.2) is 165 Å². The molecule has 3 aliphatic heterocycles. The van der Waals surface area contributed by atoms with Crippen molar-refractivity contribution in [2.24, 2.45) is 17.2 Å². The average molecular weight is 1400 g/mol. The van der Waals surface area contributed by atoms with Crippen LogP contribution in [0.5, 0.6) is 34.5 Å². The van der Waals surface area contributed by atoms with Crippen LogP contribution in [-0.2, 0) is 14.4 Å². The second kappa shape index (κ2) is 30.8. The monoisotopic (exact) mass is 1400 g/mol. The van der Waals surface area contributed by atoms with Gasteiger partial charge in [-0.1, -0.05) is 44.0 Å². The molecule has 0 bridgehead atoms. The Kier molecular flexibility index (Phi) is 21.6. The number of hydrogen-bond acceptors (Lipinski definition) is 19. The van der Waals surface area contributed by atoms with Gasteiger partial charge in [0.1, 0.15) is 85.7 Å². The third-order valence-electron chi connectivity index (χ3n) is 17.7. The third-order valence-corrected chi connectivity index (χ3v) is 17.7. The largest absolute Gasteiger partial charge is 0.457 e. The van der Waals surface area contributed by atoms with E-state index in [1.807, 2.05) is 62.4 Å². The lowest BCUT2D eigenvalue weighted by molar-refractivity contribution is -0.385. The highest BCUT2D eigenvalue weighted by molar-refractivity contribution is 6.05. The van der Waals surface area contributed by atoms with Crippen LogP contribution in [0.3, 0.4) is 0 Å². The van der Waals surface area contributed by atoms with E-state index >= 15 is 0 Å². The lowest BCUT2D eigenvalue weighted by Crippen LogP contribution is -2.27. The molecule has 12 rings (SSSR count). The van der Waals surface area contributed by atoms with Crippen LogP contribution in [0.25, 0.3) is 33.8 Å². The number of likely N-dealkylation sites (tertiary alicyclic amines) is 3. The number of amides is 6. The van der Waals surface area contributed by atoms with Gasteiger partial charge in [0.05, 0.1) is 40.1 Å². The summed E-state index contributed by atoms with van der Waals surface area (Å²) >= 11 is 0. The van der Waals surface area contributed by atoms with Crippen LogP contribution >= 0.6 is 0 Å². The Hall–Kier alpha value is -13.4. The number of carbonyl (C=O) groups is 6. The van der Waals surface area contributed by atoms with Crippen molar-refractivity contribution in [1.82, 2.24) is 44.0 Å². The number of aromatic nitrogens is 6. The number of primary amides is 3. The predicted octanol–water partition coefficient (Wildman–Crippen LogP) is 10.00. The van der Waals surface area contributed by atoms with Gasteiger partial charge in [-0.15, -0.1) is 0 Å². The van der Waals surface area contributed by atoms with Crippen LogP contribution in [0.4, 0.5) is 28.8 Å². The summed E-state index contributed by atoms with van der Waals surface area (Å²) in [4.78, 5) is 99.0. The van der Waals surface area contributed by atoms with Crippen molar-refractivity contribution in [2.45, 2.75) is 65.1 Å². The maximum absolute atomic E-state index is 12.3. The summed E-state index contributed by atoms with van der Waals surface area (Å²) in [6, 6.07) is 35.3. The van der Waals surface area contributed by atoms with Crippen molar-refractivity contribution < 1.29 is 52.8 Å². The normalized spacial score (nSPS) is 15.2. The summed E-state index contributed by atoms with van der Waals surface area (Å²) < 4.78 is 22.4. The Morgan fingerprint density at radius 1 is 0.447 bits per heavy atom. The van der Waals surface area contributed by atoms with E-state index in [2.05, 4.69) is 35.0 Å². The van der Waals surface area contributed by atoms with Crippen LogP contribution in [0.2, 0.25) is 0 Å². The molecule has 3 aliphatic rings. The number of nitro benzene ring substituents is 2. The first-order valence-electron chi connectivity index (χ1n) is 32.4. The van der Waals surface area contributed by atoms with E-state index in [0.717, 1.165) is 16.9 Å². The number of nitrogens with two attached hydrogens (primary N) is 6. The Balaban J connectivity index is 0.000000166. The molecule has 0 aliphatic carbocycles. The molecule has 3 aromatic heterocycles. The van der Waals surface area contributed by atoms with E-state index in [-0.39, 0.29) is 81.4 Å². The van der Waals surface area contributed by atoms with Gasteiger partial charge >= 0.3 is 0 Å². The van der Waals surface area contributed by atoms with Gasteiger partial charge in [-0.2, -0.15) is 15.3 Å². The summed E-state index contributed by atoms with van der Waals surface area (Å²) in [6.07, 6.45) is 5.73. The quantitative estimate of drug-likeness (QED) is 0.0235. The minimum absolute atomic E-state index is 0.0281. The zero-order chi connectivity index (χ0) is 74.2. The van der Waals surface area contributed by atoms with Crippen molar-refractivity contribution in [3.05, 3.63) is 225 Å². The highest BCUT2D eigenvalue weighted by Crippen LogP contribution is 2.40. The molecule has 30 nitrogen and oxygen atoms in total. The molecule has 0 saturated carbocycles. The topological polar surface area (TPSA) is 436 Å². The number of benzene rings is 6. The van der Waals surface area contributed by atoms with E-state index in [0.29, 0.717) is 132 Å². The minimum atomic E-state index is -0.714. The fraction of sp³-hybridized carbons (Fsp3) is 0.219. The number of non-ortho nitro benzene ring substituents is 1. The Bertz CT molecular complexity index is 4870. The number of anilines is 3. The molecule has 12 N–H and O–H groups in total. The van der Waals surface area contributed by atoms with Crippen LogP contribution in [0, 0.1) is 47.9 Å². The fourth-order valence-electron chi connectivity index (χ4n) is 12.5. The molecule has 0 radical (unpaired) electrons. The fourth-order valence-corrected chi connectivity index (χ4v) is 12.5. The lowest BCUT2D eigenvalue weighted by Gasteiger charge is -2.15. The molecule has 0 spiro atoms. The predicted molar refractivity (Wildman–Crippen MR) is 385 cm³/mol. The molecule has 3 atom stereocenters. The summed E-state index contributed by atoms with van der Waals surface area (Å²) in [6.45, 7) is 20.6. The third kappa shape index (κ3) is 15.7. The first-order valence-corrected chi connectivity index (χ1v) is 32.4. The van der Waals surface area contributed by atoms with Gasteiger partial charge in [0.2, 0.25) is 17.7 Å². The van der Waals surface area contributed by atoms with Gasteiger partial charge in [-0.3, -0.25) is 49.0 Å². The van der Waals surface area contributed by atoms with Gasteiger partial charge in [0, 0.05) is 67.6 Å². The van der Waals surface area contributed by atoms with E-state index in [1.54, 1.807) is 103 Å². The lowest BCUT2D eigenvalue weighted by atomic mass is 10.0. The standard InChI is InChI=1S/C25H26N6O5.C24H24N6O5.C24H25N5O3/c1-4-21(32)29-10-9-17(13-29)30-24(26)22(25(27)33)23(28-30)16-5-7-18(8-6-16)36-20-12-19(31(34)35)14(2)11-15(20)3;1-3-20(31)28-10-9-17(13-28)29-23(25)21(24(26)32)22(27-29)15-7-8-19(14(2)11-15)35-18-6-4-5-16(12-18)30(33)34;1-3-20(30)28-12-11-17(14-28)29-23(25)21(24(26)31)22(27-29)16-9-10-19(15(2)13-16)32-18-7-5-4-6-8-18/h4-8,11-12,17H,1,9-10,13,26H2,2-3H3,(H2,27,33);3-8,11-12,17H,1,9-10,13,25H2,2H3,(H2,26,32);3-10,13,17H,1,11-12,14,25H2,2H3,(H2,26,31)/t3*17-/m111/s1. The molecule has 30 heteroatoms. The van der Waals surface area contributed by atoms with Crippen LogP contribution in [0.1, 0.15) is 90.7 Å². The van der Waals surface area contributed by atoms with Gasteiger partial charge in [-0.05, 0) is 167 Å². The molecule has 6 heterocycles. The number of nitrogens with zero attached hydrogens (tertiary/aromatic N) is 11. The summed E-state index contributed by atoms with van der Waals surface area (Å²) in [7, 11) is 0. The SMILES string of the molecule is C=CC(=O)N1CC[C@@H](n2nc(-c3ccc(Oc4cc([N+](=O)[O-])c(C)cc4C)cc3)c(C(N)=O)c2N)C1.C=CC(=O)N1CC[C@@H](n2nc(-c3ccc(Oc4cccc([N+](=O)[O-])c4)c(C)c3)c(C(N)=O)c2N)C1.C=CC(=O)N1CC[C@@H](n2nc(-c3ccc(Oc4ccccc4)c(C)c3)c(C(N)=O)c2N)C1. The maximum atomic E-state index is 12.3. The number of aryl methyl sites for hydroxylation is 4. The van der Waals surface area contributed by atoms with E-state index in [4.69, 9.17) is 48.6 Å². The second-order valence-electron chi connectivity index (χ2n) is 24.6. The van der Waals surface area contributed by atoms with Gasteiger partial charge in [0.25, 0.3) is 29.1 Å². The van der Waals surface area contributed by atoms with Crippen molar-refractivity contribution in [3.63, 3.8) is 0 Å². The average Bonchev–Trinajstić information content (AvgIpc) is 1.64. The number of nitro groups is 2. The highest BCUT2D eigenvalue weighted by Gasteiger charge is 2.35. The Labute approximate surface area is 590 Å². The molecule has 3 saturated heterocycles. The van der Waals surface area contributed by atoms with Gasteiger partial charge < -0.3 is 63.3 Å². The summed E-state index contributed by atoms with van der Waals surface area (Å²) in [5.41, 5.74) is 41.9. The molecular weight excluding hydrogens is 1320 g/mol. The smallest absolute Gasteiger partial charge is 0.276 e. The molecule has 0 unspecified atom stereocenters. The van der Waals surface area contributed by atoms with Crippen molar-refractivity contribution in [1.29, 1.82) is 0 Å². The maximum Gasteiger partial charge on any atom is 0.276 e. The molecule has 103 heavy (non-hydrogen) atoms. The number of para-hydroxylation sites is 1. The minimum Gasteiger partial charge on any atom is -0.457 e. The Morgan fingerprint density at radius 2 is 0.816 bits per heavy atom. The van der Waals surface area contributed by atoms with E-state index in [9.17, 15) is 49.0 Å². The van der Waals surface area contributed by atoms with Crippen molar-refractivity contribution in [2.75, 3.05) is 56.5 Å². The first-order chi connectivity index (χ1) is 49.2. The zero-order valence-electron chi connectivity index (χ0n) is 56.8. The molecule has 6 amide bonds.